The molecule has 1 fully saturated rings. The number of ether oxygens (including phenoxy) is 1. The lowest BCUT2D eigenvalue weighted by Gasteiger charge is -2.33. The summed E-state index contributed by atoms with van der Waals surface area (Å²) in [5, 5.41) is 2.70. The van der Waals surface area contributed by atoms with Crippen LogP contribution in [0.3, 0.4) is 0 Å². The summed E-state index contributed by atoms with van der Waals surface area (Å²) in [6.45, 7) is 0.621. The highest BCUT2D eigenvalue weighted by Crippen LogP contribution is 2.21. The van der Waals surface area contributed by atoms with Crippen molar-refractivity contribution in [2.45, 2.75) is 4.90 Å². The van der Waals surface area contributed by atoms with E-state index in [1.54, 1.807) is 17.0 Å². The minimum atomic E-state index is -4.18. The third kappa shape index (κ3) is 5.43. The van der Waals surface area contributed by atoms with Crippen molar-refractivity contribution in [1.82, 2.24) is 9.21 Å². The van der Waals surface area contributed by atoms with E-state index in [1.165, 1.54) is 19.2 Å². The number of carbonyl (C=O) groups excluding carboxylic acids is 2. The Bertz CT molecular complexity index is 1070. The van der Waals surface area contributed by atoms with Crippen LogP contribution in [0.25, 0.3) is 0 Å². The Labute approximate surface area is 178 Å². The van der Waals surface area contributed by atoms with Crippen molar-refractivity contribution in [3.63, 3.8) is 0 Å². The summed E-state index contributed by atoms with van der Waals surface area (Å²) in [4.78, 5) is 24.8. The molecule has 31 heavy (non-hydrogen) atoms. The van der Waals surface area contributed by atoms with Crippen LogP contribution >= 0.6 is 0 Å². The molecule has 1 heterocycles. The van der Waals surface area contributed by atoms with E-state index in [0.717, 1.165) is 16.4 Å². The highest BCUT2D eigenvalue weighted by atomic mass is 32.2. The molecule has 1 amide bonds. The molecule has 0 unspecified atom stereocenters. The number of anilines is 1. The van der Waals surface area contributed by atoms with Gasteiger partial charge < -0.3 is 10.1 Å². The zero-order valence-corrected chi connectivity index (χ0v) is 17.5. The Morgan fingerprint density at radius 2 is 1.68 bits per heavy atom. The molecule has 0 saturated carbocycles. The number of carbonyl (C=O) groups is 2. The van der Waals surface area contributed by atoms with Crippen LogP contribution in [0, 0.1) is 11.6 Å². The van der Waals surface area contributed by atoms with Gasteiger partial charge in [0.25, 0.3) is 0 Å². The fourth-order valence-electron chi connectivity index (χ4n) is 3.15. The summed E-state index contributed by atoms with van der Waals surface area (Å²) >= 11 is 0. The van der Waals surface area contributed by atoms with Crippen LogP contribution in [0.2, 0.25) is 0 Å². The van der Waals surface area contributed by atoms with Crippen molar-refractivity contribution in [1.29, 1.82) is 0 Å². The number of hydrogen-bond acceptors (Lipinski definition) is 6. The molecule has 11 heteroatoms. The maximum atomic E-state index is 13.9. The normalized spacial score (nSPS) is 15.5. The molecule has 1 saturated heterocycles. The van der Waals surface area contributed by atoms with Gasteiger partial charge in [-0.3, -0.25) is 9.69 Å². The predicted octanol–water partition coefficient (Wildman–Crippen LogP) is 1.70. The molecule has 166 valence electrons. The first kappa shape index (κ1) is 22.8. The molecule has 0 atom stereocenters. The summed E-state index contributed by atoms with van der Waals surface area (Å²) in [6.07, 6.45) is 0. The first-order valence-electron chi connectivity index (χ1n) is 9.36. The highest BCUT2D eigenvalue weighted by molar-refractivity contribution is 7.89. The minimum absolute atomic E-state index is 0.0287. The first-order valence-corrected chi connectivity index (χ1v) is 10.8. The average molecular weight is 453 g/mol. The molecule has 1 aliphatic rings. The van der Waals surface area contributed by atoms with Crippen molar-refractivity contribution in [2.75, 3.05) is 45.2 Å². The molecule has 2 aromatic rings. The largest absolute Gasteiger partial charge is 0.465 e. The van der Waals surface area contributed by atoms with E-state index in [2.05, 4.69) is 10.1 Å². The molecule has 0 spiro atoms. The summed E-state index contributed by atoms with van der Waals surface area (Å²) < 4.78 is 58.2. The van der Waals surface area contributed by atoms with Gasteiger partial charge in [-0.2, -0.15) is 4.31 Å². The van der Waals surface area contributed by atoms with Gasteiger partial charge in [0.05, 0.1) is 19.2 Å². The first-order chi connectivity index (χ1) is 14.7. The lowest BCUT2D eigenvalue weighted by molar-refractivity contribution is -0.117. The van der Waals surface area contributed by atoms with E-state index in [0.29, 0.717) is 17.3 Å². The maximum Gasteiger partial charge on any atom is 0.337 e. The zero-order valence-electron chi connectivity index (χ0n) is 16.7. The van der Waals surface area contributed by atoms with Crippen LogP contribution in [0.5, 0.6) is 0 Å². The summed E-state index contributed by atoms with van der Waals surface area (Å²) in [5.41, 5.74) is 0.855. The Balaban J connectivity index is 1.54. The summed E-state index contributed by atoms with van der Waals surface area (Å²) in [6, 6.07) is 8.49. The van der Waals surface area contributed by atoms with Gasteiger partial charge in [-0.15, -0.1) is 0 Å². The summed E-state index contributed by atoms with van der Waals surface area (Å²) in [7, 11) is -2.90. The molecule has 3 rings (SSSR count). The van der Waals surface area contributed by atoms with E-state index < -0.39 is 32.5 Å². The van der Waals surface area contributed by atoms with Crippen molar-refractivity contribution < 1.29 is 31.5 Å². The number of amides is 1. The van der Waals surface area contributed by atoms with Crippen molar-refractivity contribution in [3.05, 3.63) is 59.7 Å². The molecule has 0 aromatic heterocycles. The Hall–Kier alpha value is -2.89. The maximum absolute atomic E-state index is 13.9. The van der Waals surface area contributed by atoms with Crippen LogP contribution in [0.4, 0.5) is 14.5 Å². The van der Waals surface area contributed by atoms with Crippen molar-refractivity contribution in [2.24, 2.45) is 0 Å². The SMILES string of the molecule is COC(=O)c1ccc(NC(=O)CN2CCN(S(=O)(=O)c3cc(F)ccc3F)CC2)cc1. The van der Waals surface area contributed by atoms with Crippen LogP contribution < -0.4 is 5.32 Å². The van der Waals surface area contributed by atoms with Gasteiger partial charge in [0.15, 0.2) is 0 Å². The lowest BCUT2D eigenvalue weighted by atomic mass is 10.2. The van der Waals surface area contributed by atoms with Crippen LogP contribution in [-0.4, -0.2) is 69.3 Å². The number of esters is 1. The number of sulfonamides is 1. The number of rotatable bonds is 6. The average Bonchev–Trinajstić information content (AvgIpc) is 2.75. The fourth-order valence-corrected chi connectivity index (χ4v) is 4.65. The Kier molecular flexibility index (Phi) is 6.98. The van der Waals surface area contributed by atoms with E-state index in [9.17, 15) is 26.8 Å². The van der Waals surface area contributed by atoms with Gasteiger partial charge in [-0.1, -0.05) is 0 Å². The Morgan fingerprint density at radius 1 is 1.03 bits per heavy atom. The molecule has 2 aromatic carbocycles. The van der Waals surface area contributed by atoms with Gasteiger partial charge in [-0.25, -0.2) is 22.0 Å². The molecular formula is C20H21F2N3O5S. The third-order valence-corrected chi connectivity index (χ3v) is 6.71. The van der Waals surface area contributed by atoms with Gasteiger partial charge in [-0.05, 0) is 42.5 Å². The number of piperazine rings is 1. The highest BCUT2D eigenvalue weighted by Gasteiger charge is 2.31. The molecule has 0 radical (unpaired) electrons. The van der Waals surface area contributed by atoms with Gasteiger partial charge >= 0.3 is 5.97 Å². The zero-order chi connectivity index (χ0) is 22.6. The second kappa shape index (κ2) is 9.50. The molecule has 1 aliphatic heterocycles. The second-order valence-electron chi connectivity index (χ2n) is 6.87. The fraction of sp³-hybridized carbons (Fsp3) is 0.300. The van der Waals surface area contributed by atoms with E-state index >= 15 is 0 Å². The molecule has 1 N–H and O–H groups in total. The number of halogens is 2. The smallest absolute Gasteiger partial charge is 0.337 e. The standard InChI is InChI=1S/C20H21F2N3O5S/c1-30-20(27)14-2-5-16(6-3-14)23-19(26)13-24-8-10-25(11-9-24)31(28,29)18-12-15(21)4-7-17(18)22/h2-7,12H,8-11,13H2,1H3,(H,23,26). The number of methoxy groups -OCH3 is 1. The summed E-state index contributed by atoms with van der Waals surface area (Å²) in [5.74, 6) is -2.64. The van der Waals surface area contributed by atoms with Gasteiger partial charge in [0.1, 0.15) is 16.5 Å². The monoisotopic (exact) mass is 453 g/mol. The number of hydrogen-bond donors (Lipinski definition) is 1. The minimum Gasteiger partial charge on any atom is -0.465 e. The van der Waals surface area contributed by atoms with Crippen LogP contribution in [0.15, 0.2) is 47.4 Å². The van der Waals surface area contributed by atoms with E-state index in [-0.39, 0.29) is 38.6 Å². The third-order valence-electron chi connectivity index (χ3n) is 4.80. The Morgan fingerprint density at radius 3 is 2.29 bits per heavy atom. The molecular weight excluding hydrogens is 432 g/mol. The topological polar surface area (TPSA) is 96.0 Å². The second-order valence-corrected chi connectivity index (χ2v) is 8.78. The van der Waals surface area contributed by atoms with Crippen molar-refractivity contribution in [3.8, 4) is 0 Å². The number of nitrogens with zero attached hydrogens (tertiary/aromatic N) is 2. The predicted molar refractivity (Wildman–Crippen MR) is 108 cm³/mol. The number of nitrogens with one attached hydrogen (secondary N) is 1. The van der Waals surface area contributed by atoms with Crippen molar-refractivity contribution >= 4 is 27.6 Å². The van der Waals surface area contributed by atoms with E-state index in [4.69, 9.17) is 0 Å². The van der Waals surface area contributed by atoms with Crippen LogP contribution in [0.1, 0.15) is 10.4 Å². The van der Waals surface area contributed by atoms with Gasteiger partial charge in [0, 0.05) is 31.9 Å². The quantitative estimate of drug-likeness (QED) is 0.669. The van der Waals surface area contributed by atoms with Crippen LogP contribution in [-0.2, 0) is 19.6 Å². The van der Waals surface area contributed by atoms with Gasteiger partial charge in [0.2, 0.25) is 15.9 Å². The molecule has 0 bridgehead atoms. The van der Waals surface area contributed by atoms with E-state index in [1.807, 2.05) is 0 Å². The number of benzene rings is 2. The lowest BCUT2D eigenvalue weighted by Crippen LogP contribution is -2.50. The molecule has 8 nitrogen and oxygen atoms in total. The molecule has 0 aliphatic carbocycles.